The predicted molar refractivity (Wildman–Crippen MR) is 96.2 cm³/mol. The Morgan fingerprint density at radius 1 is 1.12 bits per heavy atom. The first kappa shape index (κ1) is 19.2. The van der Waals surface area contributed by atoms with Gasteiger partial charge in [-0.2, -0.15) is 0 Å². The van der Waals surface area contributed by atoms with Crippen molar-refractivity contribution >= 4 is 0 Å². The molecule has 0 spiro atoms. The van der Waals surface area contributed by atoms with Crippen molar-refractivity contribution in [1.82, 2.24) is 9.80 Å². The number of ether oxygens (including phenoxy) is 1. The molecule has 24 heavy (non-hydrogen) atoms. The zero-order valence-electron chi connectivity index (χ0n) is 15.0. The maximum atomic E-state index is 9.37. The lowest BCUT2D eigenvalue weighted by Gasteiger charge is -2.42. The van der Waals surface area contributed by atoms with Crippen molar-refractivity contribution in [2.24, 2.45) is 5.92 Å². The molecule has 2 rings (SSSR count). The molecular weight excluding hydrogens is 304 g/mol. The first-order chi connectivity index (χ1) is 11.6. The first-order valence-electron chi connectivity index (χ1n) is 9.02. The molecule has 1 saturated heterocycles. The second kappa shape index (κ2) is 9.99. The van der Waals surface area contributed by atoms with Gasteiger partial charge >= 0.3 is 0 Å². The fourth-order valence-corrected chi connectivity index (χ4v) is 3.35. The van der Waals surface area contributed by atoms with Crippen LogP contribution < -0.4 is 4.74 Å². The Labute approximate surface area is 145 Å². The van der Waals surface area contributed by atoms with Gasteiger partial charge in [0.15, 0.2) is 0 Å². The molecule has 136 valence electrons. The van der Waals surface area contributed by atoms with Gasteiger partial charge in [-0.15, -0.1) is 0 Å². The van der Waals surface area contributed by atoms with Gasteiger partial charge in [-0.25, -0.2) is 0 Å². The van der Waals surface area contributed by atoms with Gasteiger partial charge in [-0.05, 0) is 30.0 Å². The molecule has 5 nitrogen and oxygen atoms in total. The third kappa shape index (κ3) is 6.06. The molecule has 0 aromatic heterocycles. The second-order valence-corrected chi connectivity index (χ2v) is 7.01. The number of rotatable bonds is 9. The maximum Gasteiger partial charge on any atom is 0.119 e. The van der Waals surface area contributed by atoms with E-state index in [1.54, 1.807) is 0 Å². The van der Waals surface area contributed by atoms with Gasteiger partial charge in [-0.1, -0.05) is 26.0 Å². The lowest BCUT2D eigenvalue weighted by Crippen LogP contribution is -2.53. The minimum absolute atomic E-state index is 0.0364. The second-order valence-electron chi connectivity index (χ2n) is 7.01. The Kier molecular flexibility index (Phi) is 7.99. The van der Waals surface area contributed by atoms with E-state index in [9.17, 15) is 5.11 Å². The molecule has 1 aromatic carbocycles. The molecule has 1 aliphatic rings. The summed E-state index contributed by atoms with van der Waals surface area (Å²) >= 11 is 0. The predicted octanol–water partition coefficient (Wildman–Crippen LogP) is 1.58. The van der Waals surface area contributed by atoms with E-state index in [2.05, 4.69) is 35.8 Å². The molecule has 1 heterocycles. The lowest BCUT2D eigenvalue weighted by atomic mass is 10.1. The number of hydrogen-bond acceptors (Lipinski definition) is 5. The van der Waals surface area contributed by atoms with E-state index in [-0.39, 0.29) is 13.2 Å². The van der Waals surface area contributed by atoms with Crippen molar-refractivity contribution < 1.29 is 14.9 Å². The van der Waals surface area contributed by atoms with Gasteiger partial charge in [0.25, 0.3) is 0 Å². The summed E-state index contributed by atoms with van der Waals surface area (Å²) < 4.78 is 5.40. The van der Waals surface area contributed by atoms with E-state index in [4.69, 9.17) is 9.84 Å². The van der Waals surface area contributed by atoms with E-state index in [1.807, 2.05) is 12.1 Å². The van der Waals surface area contributed by atoms with E-state index < -0.39 is 0 Å². The molecule has 1 aromatic rings. The van der Waals surface area contributed by atoms with Crippen molar-refractivity contribution in [3.8, 4) is 5.75 Å². The van der Waals surface area contributed by atoms with Crippen molar-refractivity contribution in [2.45, 2.75) is 32.9 Å². The van der Waals surface area contributed by atoms with Crippen LogP contribution >= 0.6 is 0 Å². The van der Waals surface area contributed by atoms with Crippen molar-refractivity contribution in [3.63, 3.8) is 0 Å². The highest BCUT2D eigenvalue weighted by Gasteiger charge is 2.26. The molecule has 2 N–H and O–H groups in total. The third-order valence-corrected chi connectivity index (χ3v) is 4.44. The Hall–Kier alpha value is -1.14. The minimum atomic E-state index is 0.0364. The summed E-state index contributed by atoms with van der Waals surface area (Å²) in [5.74, 6) is 1.46. The topological polar surface area (TPSA) is 56.2 Å². The molecule has 0 amide bonds. The highest BCUT2D eigenvalue weighted by Crippen LogP contribution is 2.18. The van der Waals surface area contributed by atoms with Crippen LogP contribution in [-0.4, -0.2) is 72.1 Å². The Bertz CT molecular complexity index is 464. The summed E-state index contributed by atoms with van der Waals surface area (Å²) in [5.41, 5.74) is 1.27. The molecular formula is C19H32N2O3. The molecule has 1 aliphatic heterocycles. The van der Waals surface area contributed by atoms with E-state index >= 15 is 0 Å². The van der Waals surface area contributed by atoms with E-state index in [1.165, 1.54) is 5.56 Å². The summed E-state index contributed by atoms with van der Waals surface area (Å²) in [5, 5.41) is 18.2. The zero-order valence-corrected chi connectivity index (χ0v) is 15.0. The SMILES string of the molecule is CC(C)CN1CCN(Cc2ccc(OCCO)cc2)C[C@@H]1CCO. The van der Waals surface area contributed by atoms with Crippen LogP contribution in [0.1, 0.15) is 25.8 Å². The van der Waals surface area contributed by atoms with Crippen molar-refractivity contribution in [2.75, 3.05) is 46.0 Å². The van der Waals surface area contributed by atoms with E-state index in [0.29, 0.717) is 18.6 Å². The molecule has 0 saturated carbocycles. The van der Waals surface area contributed by atoms with Crippen LogP contribution in [0, 0.1) is 5.92 Å². The van der Waals surface area contributed by atoms with Crippen LogP contribution in [-0.2, 0) is 6.54 Å². The number of aliphatic hydroxyl groups excluding tert-OH is 2. The smallest absolute Gasteiger partial charge is 0.119 e. The maximum absolute atomic E-state index is 9.37. The van der Waals surface area contributed by atoms with Crippen LogP contribution in [0.2, 0.25) is 0 Å². The lowest BCUT2D eigenvalue weighted by molar-refractivity contribution is 0.0477. The van der Waals surface area contributed by atoms with Gasteiger partial charge in [-0.3, -0.25) is 9.80 Å². The summed E-state index contributed by atoms with van der Waals surface area (Å²) in [6, 6.07) is 8.55. The number of piperazine rings is 1. The van der Waals surface area contributed by atoms with Crippen LogP contribution in [0.3, 0.4) is 0 Å². The highest BCUT2D eigenvalue weighted by molar-refractivity contribution is 5.27. The normalized spacial score (nSPS) is 19.8. The fraction of sp³-hybridized carbons (Fsp3) is 0.684. The average molecular weight is 336 g/mol. The molecule has 0 unspecified atom stereocenters. The van der Waals surface area contributed by atoms with Gasteiger partial charge in [0.2, 0.25) is 0 Å². The van der Waals surface area contributed by atoms with Crippen molar-refractivity contribution in [3.05, 3.63) is 29.8 Å². The summed E-state index contributed by atoms with van der Waals surface area (Å²) in [4.78, 5) is 5.00. The fourth-order valence-electron chi connectivity index (χ4n) is 3.35. The summed E-state index contributed by atoms with van der Waals surface area (Å²) in [6.07, 6.45) is 0.844. The van der Waals surface area contributed by atoms with Crippen LogP contribution in [0.4, 0.5) is 0 Å². The monoisotopic (exact) mass is 336 g/mol. The Morgan fingerprint density at radius 2 is 1.88 bits per heavy atom. The molecule has 0 radical (unpaired) electrons. The molecule has 0 bridgehead atoms. The Morgan fingerprint density at radius 3 is 2.50 bits per heavy atom. The summed E-state index contributed by atoms with van der Waals surface area (Å²) in [7, 11) is 0. The minimum Gasteiger partial charge on any atom is -0.491 e. The van der Waals surface area contributed by atoms with Gasteiger partial charge in [0, 0.05) is 45.4 Å². The number of nitrogens with zero attached hydrogens (tertiary/aromatic N) is 2. The molecule has 1 atom stereocenters. The average Bonchev–Trinajstić information content (AvgIpc) is 2.56. The van der Waals surface area contributed by atoms with Crippen LogP contribution in [0.25, 0.3) is 0 Å². The quantitative estimate of drug-likeness (QED) is 0.717. The van der Waals surface area contributed by atoms with Gasteiger partial charge < -0.3 is 14.9 Å². The molecule has 5 heteroatoms. The highest BCUT2D eigenvalue weighted by atomic mass is 16.5. The number of benzene rings is 1. The van der Waals surface area contributed by atoms with E-state index in [0.717, 1.165) is 44.9 Å². The van der Waals surface area contributed by atoms with Gasteiger partial charge in [0.05, 0.1) is 6.61 Å². The summed E-state index contributed by atoms with van der Waals surface area (Å²) in [6.45, 7) is 10.3. The molecule has 0 aliphatic carbocycles. The third-order valence-electron chi connectivity index (χ3n) is 4.44. The van der Waals surface area contributed by atoms with Crippen LogP contribution in [0.15, 0.2) is 24.3 Å². The zero-order chi connectivity index (χ0) is 17.4. The Balaban J connectivity index is 1.88. The van der Waals surface area contributed by atoms with Gasteiger partial charge in [0.1, 0.15) is 12.4 Å². The number of hydrogen-bond donors (Lipinski definition) is 2. The van der Waals surface area contributed by atoms with Crippen molar-refractivity contribution in [1.29, 1.82) is 0 Å². The number of aliphatic hydroxyl groups is 2. The molecule has 1 fully saturated rings. The largest absolute Gasteiger partial charge is 0.491 e. The first-order valence-corrected chi connectivity index (χ1v) is 9.02. The van der Waals surface area contributed by atoms with Crippen LogP contribution in [0.5, 0.6) is 5.75 Å². The standard InChI is InChI=1S/C19H32N2O3/c1-16(2)13-21-9-8-20(15-18(21)7-10-22)14-17-3-5-19(6-4-17)24-12-11-23/h3-6,16,18,22-23H,7-15H2,1-2H3/t18-/m0/s1.